The number of thiophene rings is 1. The molecule has 12 rings (SSSR count). The van der Waals surface area contributed by atoms with Crippen LogP contribution in [0.2, 0.25) is 0 Å². The molecule has 0 atom stereocenters. The summed E-state index contributed by atoms with van der Waals surface area (Å²) in [6, 6.07) is 76.8. The van der Waals surface area contributed by atoms with E-state index in [2.05, 4.69) is 211 Å². The Morgan fingerprint density at radius 3 is 1.73 bits per heavy atom. The zero-order valence-electron chi connectivity index (χ0n) is 32.0. The van der Waals surface area contributed by atoms with Gasteiger partial charge in [-0.15, -0.1) is 11.3 Å². The number of para-hydroxylation sites is 1. The quantitative estimate of drug-likeness (QED) is 0.167. The highest BCUT2D eigenvalue weighted by Gasteiger charge is 2.20. The summed E-state index contributed by atoms with van der Waals surface area (Å²) in [5, 5.41) is 9.89. The van der Waals surface area contributed by atoms with Gasteiger partial charge in [0.1, 0.15) is 11.2 Å². The maximum Gasteiger partial charge on any atom is 0.143 e. The van der Waals surface area contributed by atoms with Crippen LogP contribution in [0.15, 0.2) is 217 Å². The fraction of sp³-hybridized carbons (Fsp3) is 0. The third kappa shape index (κ3) is 5.55. The predicted molar refractivity (Wildman–Crippen MR) is 253 cm³/mol. The van der Waals surface area contributed by atoms with Gasteiger partial charge in [-0.3, -0.25) is 0 Å². The van der Waals surface area contributed by atoms with Crippen LogP contribution in [0.5, 0.6) is 0 Å². The van der Waals surface area contributed by atoms with E-state index in [-0.39, 0.29) is 0 Å². The maximum atomic E-state index is 6.51. The van der Waals surface area contributed by atoms with Crippen molar-refractivity contribution in [3.63, 3.8) is 0 Å². The molecule has 0 spiro atoms. The lowest BCUT2D eigenvalue weighted by Gasteiger charge is -2.26. The van der Waals surface area contributed by atoms with E-state index < -0.39 is 0 Å². The van der Waals surface area contributed by atoms with E-state index in [1.54, 1.807) is 0 Å². The van der Waals surface area contributed by atoms with Gasteiger partial charge in [0.15, 0.2) is 0 Å². The van der Waals surface area contributed by atoms with Crippen LogP contribution in [0.4, 0.5) is 17.1 Å². The number of fused-ring (bicyclic) bond motifs is 9. The monoisotopic (exact) mass is 769 g/mol. The minimum Gasteiger partial charge on any atom is -0.455 e. The second-order valence-corrected chi connectivity index (χ2v) is 16.3. The number of benzene rings is 10. The number of rotatable bonds is 6. The van der Waals surface area contributed by atoms with Gasteiger partial charge in [0, 0.05) is 43.2 Å². The van der Waals surface area contributed by atoms with Crippen molar-refractivity contribution in [2.75, 3.05) is 4.90 Å². The van der Waals surface area contributed by atoms with Gasteiger partial charge in [0.2, 0.25) is 0 Å². The van der Waals surface area contributed by atoms with Crippen molar-refractivity contribution in [2.45, 2.75) is 0 Å². The number of hydrogen-bond acceptors (Lipinski definition) is 3. The highest BCUT2D eigenvalue weighted by Crippen LogP contribution is 2.47. The van der Waals surface area contributed by atoms with Crippen molar-refractivity contribution < 1.29 is 4.42 Å². The molecule has 0 saturated heterocycles. The summed E-state index contributed by atoms with van der Waals surface area (Å²) in [6.07, 6.45) is 0. The molecule has 12 aromatic rings. The summed E-state index contributed by atoms with van der Waals surface area (Å²) in [4.78, 5) is 2.43. The Morgan fingerprint density at radius 2 is 0.915 bits per heavy atom. The van der Waals surface area contributed by atoms with Gasteiger partial charge in [0.05, 0.1) is 10.4 Å². The summed E-state index contributed by atoms with van der Waals surface area (Å²) >= 11 is 1.89. The second-order valence-electron chi connectivity index (χ2n) is 15.2. The van der Waals surface area contributed by atoms with E-state index in [1.807, 2.05) is 17.4 Å². The third-order valence-electron chi connectivity index (χ3n) is 11.9. The van der Waals surface area contributed by atoms with Gasteiger partial charge in [-0.1, -0.05) is 170 Å². The molecule has 0 aliphatic carbocycles. The topological polar surface area (TPSA) is 16.4 Å². The van der Waals surface area contributed by atoms with Crippen LogP contribution in [0.25, 0.3) is 97.0 Å². The minimum absolute atomic E-state index is 0.895. The van der Waals surface area contributed by atoms with Crippen molar-refractivity contribution in [1.29, 1.82) is 0 Å². The average molecular weight is 770 g/mol. The molecule has 59 heavy (non-hydrogen) atoms. The predicted octanol–water partition coefficient (Wildman–Crippen LogP) is 16.7. The Hall–Kier alpha value is -7.46. The van der Waals surface area contributed by atoms with E-state index in [0.29, 0.717) is 0 Å². The standard InChI is InChI=1S/C56H35NOS/c1-2-11-38(12-3-1)46-19-9-20-48-51-35-41(28-34-53(51)58-54(46)48)36-23-29-42(30-24-36)57(43-31-25-40(26-32-43)45-18-8-15-37-13-4-6-16-44(37)45)52-22-10-21-49-50-33-27-39-14-5-7-17-47(39)55(50)59-56(49)52/h1-35H. The Labute approximate surface area is 345 Å². The number of nitrogens with zero attached hydrogens (tertiary/aromatic N) is 1. The third-order valence-corrected chi connectivity index (χ3v) is 13.2. The molecular formula is C56H35NOS. The molecule has 0 N–H and O–H groups in total. The Morgan fingerprint density at radius 1 is 0.339 bits per heavy atom. The lowest BCUT2D eigenvalue weighted by atomic mass is 9.98. The highest BCUT2D eigenvalue weighted by atomic mass is 32.1. The van der Waals surface area contributed by atoms with Crippen molar-refractivity contribution >= 4 is 92.1 Å². The van der Waals surface area contributed by atoms with Crippen molar-refractivity contribution in [2.24, 2.45) is 0 Å². The number of furan rings is 1. The number of anilines is 3. The van der Waals surface area contributed by atoms with E-state index in [4.69, 9.17) is 4.42 Å². The number of hydrogen-bond donors (Lipinski definition) is 0. The average Bonchev–Trinajstić information content (AvgIpc) is 3.89. The zero-order valence-corrected chi connectivity index (χ0v) is 32.8. The van der Waals surface area contributed by atoms with Crippen LogP contribution in [0, 0.1) is 0 Å². The molecule has 0 fully saturated rings. The fourth-order valence-corrected chi connectivity index (χ4v) is 10.3. The SMILES string of the molecule is c1ccc(-c2cccc3c2oc2ccc(-c4ccc(N(c5ccc(-c6cccc7ccccc67)cc5)c5cccc6c5sc5c7ccccc7ccc65)cc4)cc23)cc1. The first kappa shape index (κ1) is 33.7. The lowest BCUT2D eigenvalue weighted by Crippen LogP contribution is -2.10. The molecule has 2 aromatic heterocycles. The van der Waals surface area contributed by atoms with Crippen LogP contribution in [-0.2, 0) is 0 Å². The molecule has 0 aliphatic heterocycles. The van der Waals surface area contributed by atoms with Crippen LogP contribution >= 0.6 is 11.3 Å². The Kier molecular flexibility index (Phi) is 7.75. The largest absolute Gasteiger partial charge is 0.455 e. The molecular weight excluding hydrogens is 735 g/mol. The van der Waals surface area contributed by atoms with E-state index in [1.165, 1.54) is 58.5 Å². The van der Waals surface area contributed by atoms with Gasteiger partial charge < -0.3 is 9.32 Å². The van der Waals surface area contributed by atoms with Crippen molar-refractivity contribution in [3.8, 4) is 33.4 Å². The summed E-state index contributed by atoms with van der Waals surface area (Å²) < 4.78 is 9.11. The lowest BCUT2D eigenvalue weighted by molar-refractivity contribution is 0.670. The Bertz CT molecular complexity index is 3540. The van der Waals surface area contributed by atoms with E-state index >= 15 is 0 Å². The van der Waals surface area contributed by atoms with Gasteiger partial charge >= 0.3 is 0 Å². The van der Waals surface area contributed by atoms with Crippen LogP contribution in [0.3, 0.4) is 0 Å². The molecule has 0 amide bonds. The van der Waals surface area contributed by atoms with E-state index in [0.717, 1.165) is 55.6 Å². The summed E-state index contributed by atoms with van der Waals surface area (Å²) in [7, 11) is 0. The molecule has 0 bridgehead atoms. The molecule has 276 valence electrons. The van der Waals surface area contributed by atoms with Gasteiger partial charge in [0.25, 0.3) is 0 Å². The molecule has 0 unspecified atom stereocenters. The Balaban J connectivity index is 0.987. The first-order valence-electron chi connectivity index (χ1n) is 20.1. The first-order valence-corrected chi connectivity index (χ1v) is 20.9. The normalized spacial score (nSPS) is 11.7. The van der Waals surface area contributed by atoms with Gasteiger partial charge in [-0.05, 0) is 91.8 Å². The summed E-state index contributed by atoms with van der Waals surface area (Å²) in [5.41, 5.74) is 12.2. The fourth-order valence-electron chi connectivity index (χ4n) is 9.01. The molecule has 0 radical (unpaired) electrons. The molecule has 0 saturated carbocycles. The van der Waals surface area contributed by atoms with Crippen molar-refractivity contribution in [3.05, 3.63) is 212 Å². The first-order chi connectivity index (χ1) is 29.2. The summed E-state index contributed by atoms with van der Waals surface area (Å²) in [6.45, 7) is 0. The van der Waals surface area contributed by atoms with Crippen LogP contribution in [0.1, 0.15) is 0 Å². The molecule has 0 aliphatic rings. The molecule has 2 heterocycles. The second kappa shape index (κ2) is 13.6. The minimum atomic E-state index is 0.895. The smallest absolute Gasteiger partial charge is 0.143 e. The van der Waals surface area contributed by atoms with Crippen LogP contribution in [-0.4, -0.2) is 0 Å². The molecule has 3 heteroatoms. The van der Waals surface area contributed by atoms with E-state index in [9.17, 15) is 0 Å². The summed E-state index contributed by atoms with van der Waals surface area (Å²) in [5.74, 6) is 0. The van der Waals surface area contributed by atoms with Gasteiger partial charge in [-0.2, -0.15) is 0 Å². The molecule has 2 nitrogen and oxygen atoms in total. The zero-order chi connectivity index (χ0) is 38.9. The van der Waals surface area contributed by atoms with Crippen molar-refractivity contribution in [1.82, 2.24) is 0 Å². The van der Waals surface area contributed by atoms with Crippen LogP contribution < -0.4 is 4.90 Å². The maximum absolute atomic E-state index is 6.51. The van der Waals surface area contributed by atoms with Gasteiger partial charge in [-0.25, -0.2) is 0 Å². The highest BCUT2D eigenvalue weighted by molar-refractivity contribution is 7.27. The molecule has 10 aromatic carbocycles.